The van der Waals surface area contributed by atoms with E-state index in [1.165, 1.54) is 12.0 Å². The van der Waals surface area contributed by atoms with Crippen LogP contribution in [0, 0.1) is 10.8 Å². The van der Waals surface area contributed by atoms with Gasteiger partial charge in [0.1, 0.15) is 0 Å². The average molecular weight is 395 g/mol. The lowest BCUT2D eigenvalue weighted by atomic mass is 9.59. The number of nitrogens with zero attached hydrogens (tertiary/aromatic N) is 1. The van der Waals surface area contributed by atoms with Gasteiger partial charge in [0.25, 0.3) is 0 Å². The standard InChI is InChI=1S/C25H34N2O2/c1-24(13-6-3-7-14-24)23(29)27-18-16-25(17-19-27)15-12-21(25)26-22(28)11-10-20-8-4-2-5-9-20/h2-6,8-9,21H,7,10-19H2,1H3,(H,26,28). The van der Waals surface area contributed by atoms with Crippen LogP contribution < -0.4 is 5.32 Å². The Labute approximate surface area is 174 Å². The normalized spacial score (nSPS) is 28.0. The van der Waals surface area contributed by atoms with Crippen molar-refractivity contribution in [1.82, 2.24) is 10.2 Å². The van der Waals surface area contributed by atoms with Gasteiger partial charge < -0.3 is 10.2 Å². The van der Waals surface area contributed by atoms with Crippen LogP contribution in [-0.2, 0) is 16.0 Å². The van der Waals surface area contributed by atoms with Gasteiger partial charge in [-0.1, -0.05) is 49.4 Å². The molecule has 1 N–H and O–H groups in total. The SMILES string of the molecule is CC1(C(=O)N2CCC3(CCC3NC(=O)CCc3ccccc3)CC2)CC=CCC1. The zero-order valence-electron chi connectivity index (χ0n) is 17.7. The summed E-state index contributed by atoms with van der Waals surface area (Å²) in [6, 6.07) is 10.5. The second-order valence-corrected chi connectivity index (χ2v) is 9.57. The molecule has 2 aliphatic carbocycles. The van der Waals surface area contributed by atoms with Crippen molar-refractivity contribution in [3.8, 4) is 0 Å². The predicted octanol–water partition coefficient (Wildman–Crippen LogP) is 4.25. The van der Waals surface area contributed by atoms with Crippen LogP contribution in [0.2, 0.25) is 0 Å². The molecule has 1 aromatic rings. The van der Waals surface area contributed by atoms with E-state index in [1.807, 2.05) is 18.2 Å². The zero-order valence-corrected chi connectivity index (χ0v) is 17.7. The number of carbonyl (C=O) groups excluding carboxylic acids is 2. The van der Waals surface area contributed by atoms with Gasteiger partial charge in [0.2, 0.25) is 11.8 Å². The molecule has 1 spiro atoms. The Hall–Kier alpha value is -2.10. The molecule has 29 heavy (non-hydrogen) atoms. The van der Waals surface area contributed by atoms with Crippen LogP contribution in [0.15, 0.2) is 42.5 Å². The van der Waals surface area contributed by atoms with E-state index in [0.29, 0.717) is 12.3 Å². The molecule has 1 saturated carbocycles. The number of piperidine rings is 1. The molecule has 2 fully saturated rings. The van der Waals surface area contributed by atoms with Crippen LogP contribution in [-0.4, -0.2) is 35.8 Å². The fourth-order valence-electron chi connectivity index (χ4n) is 5.39. The second-order valence-electron chi connectivity index (χ2n) is 9.57. The summed E-state index contributed by atoms with van der Waals surface area (Å²) >= 11 is 0. The number of allylic oxidation sites excluding steroid dienone is 2. The molecule has 4 nitrogen and oxygen atoms in total. The lowest BCUT2D eigenvalue weighted by Crippen LogP contribution is -2.60. The van der Waals surface area contributed by atoms with Gasteiger partial charge in [0.15, 0.2) is 0 Å². The molecule has 3 aliphatic rings. The van der Waals surface area contributed by atoms with Gasteiger partial charge in [-0.3, -0.25) is 9.59 Å². The monoisotopic (exact) mass is 394 g/mol. The molecule has 1 heterocycles. The van der Waals surface area contributed by atoms with Crippen molar-refractivity contribution in [3.05, 3.63) is 48.0 Å². The molecule has 0 aromatic heterocycles. The Bertz CT molecular complexity index is 764. The molecular weight excluding hydrogens is 360 g/mol. The van der Waals surface area contributed by atoms with E-state index in [4.69, 9.17) is 0 Å². The number of nitrogens with one attached hydrogen (secondary N) is 1. The number of likely N-dealkylation sites (tertiary alicyclic amines) is 1. The number of rotatable bonds is 5. The van der Waals surface area contributed by atoms with Gasteiger partial charge in [-0.05, 0) is 62.3 Å². The predicted molar refractivity (Wildman–Crippen MR) is 115 cm³/mol. The molecular formula is C25H34N2O2. The summed E-state index contributed by atoms with van der Waals surface area (Å²) in [6.07, 6.45) is 12.8. The quantitative estimate of drug-likeness (QED) is 0.759. The Morgan fingerprint density at radius 1 is 1.07 bits per heavy atom. The molecule has 1 saturated heterocycles. The first-order chi connectivity index (χ1) is 14.0. The van der Waals surface area contributed by atoms with E-state index >= 15 is 0 Å². The van der Waals surface area contributed by atoms with Gasteiger partial charge in [-0.2, -0.15) is 0 Å². The van der Waals surface area contributed by atoms with Gasteiger partial charge in [0.05, 0.1) is 5.41 Å². The van der Waals surface area contributed by atoms with E-state index in [0.717, 1.165) is 58.0 Å². The summed E-state index contributed by atoms with van der Waals surface area (Å²) < 4.78 is 0. The summed E-state index contributed by atoms with van der Waals surface area (Å²) in [4.78, 5) is 27.7. The first-order valence-corrected chi connectivity index (χ1v) is 11.3. The summed E-state index contributed by atoms with van der Waals surface area (Å²) in [7, 11) is 0. The highest BCUT2D eigenvalue weighted by atomic mass is 16.2. The van der Waals surface area contributed by atoms with Crippen molar-refractivity contribution in [2.45, 2.75) is 70.8 Å². The smallest absolute Gasteiger partial charge is 0.228 e. The van der Waals surface area contributed by atoms with Crippen molar-refractivity contribution in [2.75, 3.05) is 13.1 Å². The maximum absolute atomic E-state index is 13.1. The van der Waals surface area contributed by atoms with E-state index in [-0.39, 0.29) is 22.8 Å². The lowest BCUT2D eigenvalue weighted by Gasteiger charge is -2.54. The Kier molecular flexibility index (Phi) is 5.80. The highest BCUT2D eigenvalue weighted by molar-refractivity contribution is 5.83. The van der Waals surface area contributed by atoms with Gasteiger partial charge in [-0.25, -0.2) is 0 Å². The maximum Gasteiger partial charge on any atom is 0.228 e. The highest BCUT2D eigenvalue weighted by Gasteiger charge is 2.50. The number of carbonyl (C=O) groups is 2. The largest absolute Gasteiger partial charge is 0.353 e. The number of hydrogen-bond acceptors (Lipinski definition) is 2. The number of benzene rings is 1. The Morgan fingerprint density at radius 3 is 2.45 bits per heavy atom. The highest BCUT2D eigenvalue weighted by Crippen LogP contribution is 2.49. The van der Waals surface area contributed by atoms with E-state index in [9.17, 15) is 9.59 Å². The van der Waals surface area contributed by atoms with Crippen molar-refractivity contribution >= 4 is 11.8 Å². The summed E-state index contributed by atoms with van der Waals surface area (Å²) in [6.45, 7) is 3.81. The minimum absolute atomic E-state index is 0.165. The van der Waals surface area contributed by atoms with Crippen LogP contribution in [0.3, 0.4) is 0 Å². The Balaban J connectivity index is 1.26. The molecule has 0 bridgehead atoms. The molecule has 2 atom stereocenters. The van der Waals surface area contributed by atoms with E-state index < -0.39 is 0 Å². The first-order valence-electron chi connectivity index (χ1n) is 11.3. The lowest BCUT2D eigenvalue weighted by molar-refractivity contribution is -0.146. The minimum Gasteiger partial charge on any atom is -0.353 e. The first kappa shape index (κ1) is 20.2. The summed E-state index contributed by atoms with van der Waals surface area (Å²) in [5.74, 6) is 0.498. The molecule has 156 valence electrons. The molecule has 4 rings (SSSR count). The third kappa shape index (κ3) is 4.26. The number of amides is 2. The molecule has 1 aromatic carbocycles. The zero-order chi connectivity index (χ0) is 20.3. The van der Waals surface area contributed by atoms with Crippen LogP contribution in [0.4, 0.5) is 0 Å². The molecule has 0 radical (unpaired) electrons. The summed E-state index contributed by atoms with van der Waals surface area (Å²) in [5, 5.41) is 3.31. The van der Waals surface area contributed by atoms with Crippen LogP contribution in [0.25, 0.3) is 0 Å². The van der Waals surface area contributed by atoms with Crippen LogP contribution in [0.1, 0.15) is 63.9 Å². The topological polar surface area (TPSA) is 49.4 Å². The maximum atomic E-state index is 13.1. The Morgan fingerprint density at radius 2 is 1.83 bits per heavy atom. The van der Waals surface area contributed by atoms with Gasteiger partial charge >= 0.3 is 0 Å². The molecule has 2 amide bonds. The summed E-state index contributed by atoms with van der Waals surface area (Å²) in [5.41, 5.74) is 1.21. The van der Waals surface area contributed by atoms with Crippen molar-refractivity contribution in [3.63, 3.8) is 0 Å². The van der Waals surface area contributed by atoms with E-state index in [1.54, 1.807) is 0 Å². The van der Waals surface area contributed by atoms with Crippen LogP contribution >= 0.6 is 0 Å². The molecule has 2 unspecified atom stereocenters. The molecule has 1 aliphatic heterocycles. The third-order valence-corrected chi connectivity index (χ3v) is 7.65. The fourth-order valence-corrected chi connectivity index (χ4v) is 5.39. The van der Waals surface area contributed by atoms with Crippen molar-refractivity contribution in [2.24, 2.45) is 10.8 Å². The van der Waals surface area contributed by atoms with Crippen LogP contribution in [0.5, 0.6) is 0 Å². The minimum atomic E-state index is -0.218. The molecule has 4 heteroatoms. The second kappa shape index (κ2) is 8.33. The van der Waals surface area contributed by atoms with Gasteiger partial charge in [-0.15, -0.1) is 0 Å². The average Bonchev–Trinajstić information content (AvgIpc) is 2.76. The van der Waals surface area contributed by atoms with Gasteiger partial charge in [0, 0.05) is 25.6 Å². The third-order valence-electron chi connectivity index (χ3n) is 7.65. The van der Waals surface area contributed by atoms with Crippen molar-refractivity contribution < 1.29 is 9.59 Å². The number of aryl methyl sites for hydroxylation is 1. The van der Waals surface area contributed by atoms with E-state index in [2.05, 4.69) is 41.4 Å². The fraction of sp³-hybridized carbons (Fsp3) is 0.600. The number of hydrogen-bond donors (Lipinski definition) is 1. The van der Waals surface area contributed by atoms with Crippen molar-refractivity contribution in [1.29, 1.82) is 0 Å².